The largest absolute Gasteiger partial charge is 0.369 e. The summed E-state index contributed by atoms with van der Waals surface area (Å²) in [6, 6.07) is 11.4. The number of rotatable bonds is 1. The minimum absolute atomic E-state index is 0.263. The lowest BCUT2D eigenvalue weighted by atomic mass is 10.2. The summed E-state index contributed by atoms with van der Waals surface area (Å²) < 4.78 is 16.8. The van der Waals surface area contributed by atoms with Crippen molar-refractivity contribution in [2.75, 3.05) is 5.73 Å². The van der Waals surface area contributed by atoms with Gasteiger partial charge in [-0.2, -0.15) is 0 Å². The molecule has 2 heterocycles. The Kier molecular flexibility index (Phi) is 2.53. The molecule has 0 unspecified atom stereocenters. The standard InChI is InChI=1S/C16H12FN3S/c1-9-6-14-13(8-12(9)17)19-16(18)20(14)11-2-3-15-10(7-11)4-5-21-15/h2-8H,1H3,(H2,18,19). The fourth-order valence-corrected chi connectivity index (χ4v) is 3.36. The van der Waals surface area contributed by atoms with E-state index >= 15 is 0 Å². The van der Waals surface area contributed by atoms with Crippen LogP contribution in [0.4, 0.5) is 10.3 Å². The zero-order chi connectivity index (χ0) is 14.6. The maximum Gasteiger partial charge on any atom is 0.205 e. The number of aromatic nitrogens is 2. The predicted molar refractivity (Wildman–Crippen MR) is 85.6 cm³/mol. The molecule has 0 atom stereocenters. The molecular formula is C16H12FN3S. The molecule has 2 aromatic carbocycles. The number of hydrogen-bond acceptors (Lipinski definition) is 3. The molecule has 2 aromatic heterocycles. The van der Waals surface area contributed by atoms with Crippen LogP contribution in [0.3, 0.4) is 0 Å². The molecule has 0 spiro atoms. The predicted octanol–water partition coefficient (Wildman–Crippen LogP) is 4.27. The molecule has 104 valence electrons. The molecule has 5 heteroatoms. The van der Waals surface area contributed by atoms with Gasteiger partial charge in [0.2, 0.25) is 5.95 Å². The number of imidazole rings is 1. The third kappa shape index (κ3) is 1.81. The number of benzene rings is 2. The van der Waals surface area contributed by atoms with Crippen LogP contribution in [0.1, 0.15) is 5.56 Å². The summed E-state index contributed by atoms with van der Waals surface area (Å²) in [5, 5.41) is 3.22. The molecule has 0 aliphatic carbocycles. The maximum absolute atomic E-state index is 13.7. The summed E-state index contributed by atoms with van der Waals surface area (Å²) in [7, 11) is 0. The van der Waals surface area contributed by atoms with E-state index in [1.54, 1.807) is 24.3 Å². The zero-order valence-corrected chi connectivity index (χ0v) is 12.1. The summed E-state index contributed by atoms with van der Waals surface area (Å²) in [4.78, 5) is 4.26. The Bertz CT molecular complexity index is 984. The van der Waals surface area contributed by atoms with Gasteiger partial charge in [0.1, 0.15) is 5.82 Å². The van der Waals surface area contributed by atoms with E-state index in [0.717, 1.165) is 16.6 Å². The monoisotopic (exact) mass is 297 g/mol. The van der Waals surface area contributed by atoms with Crippen LogP contribution >= 0.6 is 11.3 Å². The molecule has 21 heavy (non-hydrogen) atoms. The molecule has 0 saturated heterocycles. The minimum Gasteiger partial charge on any atom is -0.369 e. The lowest BCUT2D eigenvalue weighted by Crippen LogP contribution is -2.00. The fourth-order valence-electron chi connectivity index (χ4n) is 2.59. The van der Waals surface area contributed by atoms with Crippen LogP contribution in [-0.2, 0) is 0 Å². The number of nitrogens with two attached hydrogens (primary N) is 1. The summed E-state index contributed by atoms with van der Waals surface area (Å²) in [5.74, 6) is 0.102. The number of aryl methyl sites for hydroxylation is 1. The second-order valence-corrected chi connectivity index (χ2v) is 5.99. The van der Waals surface area contributed by atoms with E-state index in [1.165, 1.54) is 10.8 Å². The van der Waals surface area contributed by atoms with Gasteiger partial charge in [-0.3, -0.25) is 4.57 Å². The van der Waals surface area contributed by atoms with Gasteiger partial charge in [-0.15, -0.1) is 11.3 Å². The molecule has 0 amide bonds. The molecule has 4 rings (SSSR count). The van der Waals surface area contributed by atoms with Gasteiger partial charge in [0.15, 0.2) is 0 Å². The van der Waals surface area contributed by atoms with Crippen LogP contribution in [0, 0.1) is 12.7 Å². The quantitative estimate of drug-likeness (QED) is 0.570. The second-order valence-electron chi connectivity index (χ2n) is 5.04. The zero-order valence-electron chi connectivity index (χ0n) is 11.3. The average molecular weight is 297 g/mol. The van der Waals surface area contributed by atoms with Gasteiger partial charge in [-0.25, -0.2) is 9.37 Å². The van der Waals surface area contributed by atoms with Gasteiger partial charge in [-0.05, 0) is 53.6 Å². The second kappa shape index (κ2) is 4.30. The Balaban J connectivity index is 2.04. The highest BCUT2D eigenvalue weighted by Gasteiger charge is 2.13. The maximum atomic E-state index is 13.7. The summed E-state index contributed by atoms with van der Waals surface area (Å²) >= 11 is 1.70. The first-order valence-electron chi connectivity index (χ1n) is 6.55. The lowest BCUT2D eigenvalue weighted by Gasteiger charge is -2.07. The van der Waals surface area contributed by atoms with Crippen LogP contribution in [0.25, 0.3) is 26.8 Å². The molecular weight excluding hydrogens is 285 g/mol. The number of nitrogen functional groups attached to an aromatic ring is 1. The Morgan fingerprint density at radius 2 is 2.05 bits per heavy atom. The Morgan fingerprint density at radius 1 is 1.19 bits per heavy atom. The highest BCUT2D eigenvalue weighted by molar-refractivity contribution is 7.17. The number of anilines is 1. The summed E-state index contributed by atoms with van der Waals surface area (Å²) in [6.07, 6.45) is 0. The number of fused-ring (bicyclic) bond motifs is 2. The third-order valence-corrected chi connectivity index (χ3v) is 4.55. The highest BCUT2D eigenvalue weighted by atomic mass is 32.1. The van der Waals surface area contributed by atoms with Crippen molar-refractivity contribution in [1.29, 1.82) is 0 Å². The molecule has 4 aromatic rings. The van der Waals surface area contributed by atoms with Crippen LogP contribution in [0.15, 0.2) is 41.8 Å². The number of hydrogen-bond donors (Lipinski definition) is 1. The minimum atomic E-state index is -0.263. The molecule has 0 aliphatic heterocycles. The van der Waals surface area contributed by atoms with Gasteiger partial charge in [0.25, 0.3) is 0 Å². The van der Waals surface area contributed by atoms with Crippen molar-refractivity contribution in [2.45, 2.75) is 6.92 Å². The molecule has 3 nitrogen and oxygen atoms in total. The first-order valence-corrected chi connectivity index (χ1v) is 7.43. The summed E-state index contributed by atoms with van der Waals surface area (Å²) in [6.45, 7) is 1.74. The topological polar surface area (TPSA) is 43.8 Å². The van der Waals surface area contributed by atoms with Gasteiger partial charge < -0.3 is 5.73 Å². The first kappa shape index (κ1) is 12.3. The molecule has 0 aliphatic rings. The van der Waals surface area contributed by atoms with Crippen molar-refractivity contribution in [3.63, 3.8) is 0 Å². The Labute approximate surface area is 124 Å². The van der Waals surface area contributed by atoms with E-state index in [4.69, 9.17) is 5.73 Å². The van der Waals surface area contributed by atoms with E-state index in [-0.39, 0.29) is 5.82 Å². The van der Waals surface area contributed by atoms with Crippen LogP contribution < -0.4 is 5.73 Å². The van der Waals surface area contributed by atoms with Crippen molar-refractivity contribution in [3.8, 4) is 5.69 Å². The normalized spacial score (nSPS) is 11.5. The van der Waals surface area contributed by atoms with Gasteiger partial charge in [-0.1, -0.05) is 0 Å². The van der Waals surface area contributed by atoms with Crippen molar-refractivity contribution in [3.05, 3.63) is 53.2 Å². The third-order valence-electron chi connectivity index (χ3n) is 3.65. The van der Waals surface area contributed by atoms with E-state index in [1.807, 2.05) is 10.6 Å². The Hall–Kier alpha value is -2.40. The van der Waals surface area contributed by atoms with Crippen LogP contribution in [-0.4, -0.2) is 9.55 Å². The van der Waals surface area contributed by atoms with Gasteiger partial charge in [0, 0.05) is 16.5 Å². The van der Waals surface area contributed by atoms with Crippen molar-refractivity contribution in [1.82, 2.24) is 9.55 Å². The number of thiophene rings is 1. The summed E-state index contributed by atoms with van der Waals surface area (Å²) in [5.41, 5.74) is 8.95. The van der Waals surface area contributed by atoms with E-state index in [2.05, 4.69) is 28.6 Å². The fraction of sp³-hybridized carbons (Fsp3) is 0.0625. The number of halogens is 1. The molecule has 0 saturated carbocycles. The molecule has 2 N–H and O–H groups in total. The molecule has 0 bridgehead atoms. The SMILES string of the molecule is Cc1cc2c(cc1F)nc(N)n2-c1ccc2sccc2c1. The number of nitrogens with zero attached hydrogens (tertiary/aromatic N) is 2. The molecule has 0 fully saturated rings. The Morgan fingerprint density at radius 3 is 2.90 bits per heavy atom. The smallest absolute Gasteiger partial charge is 0.205 e. The van der Waals surface area contributed by atoms with E-state index < -0.39 is 0 Å². The van der Waals surface area contributed by atoms with Crippen LogP contribution in [0.2, 0.25) is 0 Å². The lowest BCUT2D eigenvalue weighted by molar-refractivity contribution is 0.620. The van der Waals surface area contributed by atoms with E-state index in [0.29, 0.717) is 17.0 Å². The van der Waals surface area contributed by atoms with Gasteiger partial charge in [0.05, 0.1) is 11.0 Å². The van der Waals surface area contributed by atoms with E-state index in [9.17, 15) is 4.39 Å². The van der Waals surface area contributed by atoms with Crippen molar-refractivity contribution in [2.24, 2.45) is 0 Å². The first-order chi connectivity index (χ1) is 10.1. The highest BCUT2D eigenvalue weighted by Crippen LogP contribution is 2.29. The average Bonchev–Trinajstić information content (AvgIpc) is 3.02. The van der Waals surface area contributed by atoms with Crippen molar-refractivity contribution >= 4 is 38.4 Å². The molecule has 0 radical (unpaired) electrons. The van der Waals surface area contributed by atoms with Crippen molar-refractivity contribution < 1.29 is 4.39 Å². The van der Waals surface area contributed by atoms with Crippen LogP contribution in [0.5, 0.6) is 0 Å². The van der Waals surface area contributed by atoms with Gasteiger partial charge >= 0.3 is 0 Å².